The summed E-state index contributed by atoms with van der Waals surface area (Å²) in [7, 11) is 0. The lowest BCUT2D eigenvalue weighted by Crippen LogP contribution is -2.70. The number of piperidine rings is 1. The number of esters is 2. The van der Waals surface area contributed by atoms with E-state index in [-0.39, 0.29) is 42.8 Å². The summed E-state index contributed by atoms with van der Waals surface area (Å²) in [4.78, 5) is 51.5. The molecule has 69 heavy (non-hydrogen) atoms. The summed E-state index contributed by atoms with van der Waals surface area (Å²) in [6, 6.07) is 37.5. The van der Waals surface area contributed by atoms with Crippen LogP contribution in [0.25, 0.3) is 33.4 Å². The lowest BCUT2D eigenvalue weighted by atomic mass is 9.87. The number of ether oxygens (including phenoxy) is 5. The largest absolute Gasteiger partial charge is 0.461 e. The first-order valence-electron chi connectivity index (χ1n) is 22.6. The van der Waals surface area contributed by atoms with Gasteiger partial charge in [0.15, 0.2) is 11.4 Å². The number of para-hydroxylation sites is 2. The lowest BCUT2D eigenvalue weighted by Gasteiger charge is -2.56. The average Bonchev–Trinajstić information content (AvgIpc) is 3.93. The molecule has 8 aromatic rings. The molecule has 0 aliphatic carbocycles. The normalized spacial score (nSPS) is 15.2. The number of hydrogen-bond acceptors (Lipinski definition) is 13. The quantitative estimate of drug-likeness (QED) is 0.0888. The molecule has 17 heteroatoms. The molecule has 3 aliphatic rings. The fourth-order valence-electron chi connectivity index (χ4n) is 8.29. The van der Waals surface area contributed by atoms with Gasteiger partial charge in [-0.05, 0) is 142 Å². The number of aromatic nitrogens is 6. The Balaban J connectivity index is 0.000000185. The van der Waals surface area contributed by atoms with Crippen molar-refractivity contribution in [3.8, 4) is 34.4 Å². The Morgan fingerprint density at radius 1 is 0.594 bits per heavy atom. The number of rotatable bonds is 11. The van der Waals surface area contributed by atoms with Crippen LogP contribution in [0, 0.1) is 0 Å². The number of halogens is 1. The molecule has 0 N–H and O–H groups in total. The van der Waals surface area contributed by atoms with Gasteiger partial charge in [-0.3, -0.25) is 14.9 Å². The second-order valence-electron chi connectivity index (χ2n) is 17.1. The van der Waals surface area contributed by atoms with Crippen LogP contribution in [0.3, 0.4) is 0 Å². The molecule has 2 bridgehead atoms. The van der Waals surface area contributed by atoms with Crippen LogP contribution in [-0.4, -0.2) is 96.4 Å². The molecular formula is C52H49BrN8O8. The number of fused-ring (bicyclic) bond motifs is 4. The van der Waals surface area contributed by atoms with Crippen molar-refractivity contribution in [1.82, 2.24) is 34.4 Å². The number of carbonyl (C=O) groups is 3. The third-order valence-electron chi connectivity index (χ3n) is 11.2. The number of hydrogen-bond donors (Lipinski definition) is 0. The second-order valence-corrected chi connectivity index (χ2v) is 18.0. The van der Waals surface area contributed by atoms with E-state index in [4.69, 9.17) is 28.8 Å². The van der Waals surface area contributed by atoms with Gasteiger partial charge in [0, 0.05) is 30.0 Å². The van der Waals surface area contributed by atoms with E-state index in [0.29, 0.717) is 58.0 Å². The number of amides is 1. The summed E-state index contributed by atoms with van der Waals surface area (Å²) in [5, 5.41) is 9.45. The van der Waals surface area contributed by atoms with Crippen molar-refractivity contribution in [1.29, 1.82) is 0 Å². The number of nitrogens with zero attached hydrogens (tertiary/aromatic N) is 8. The van der Waals surface area contributed by atoms with Crippen LogP contribution in [0.5, 0.6) is 23.0 Å². The van der Waals surface area contributed by atoms with Crippen molar-refractivity contribution < 1.29 is 38.1 Å². The molecule has 3 aliphatic heterocycles. The zero-order chi connectivity index (χ0) is 48.2. The van der Waals surface area contributed by atoms with E-state index in [2.05, 4.69) is 35.9 Å². The highest BCUT2D eigenvalue weighted by Crippen LogP contribution is 2.39. The molecule has 2 atom stereocenters. The van der Waals surface area contributed by atoms with Crippen molar-refractivity contribution in [3.63, 3.8) is 0 Å². The summed E-state index contributed by atoms with van der Waals surface area (Å²) >= 11 is 3.47. The van der Waals surface area contributed by atoms with Crippen molar-refractivity contribution in [2.75, 3.05) is 31.2 Å². The van der Waals surface area contributed by atoms with E-state index in [1.807, 2.05) is 141 Å². The SMILES string of the molecule is CCOC(=O)c1c2nccc(Br)c2nn1-c1ccc(Oc2ccccc2)cc1.CCOC(=O)c1c2nccc(N3CC4CC(C3)N4C(=O)OC(C)(C)C)c2nn1-c1ccc(Oc2ccccc2)cc1. The van der Waals surface area contributed by atoms with Gasteiger partial charge < -0.3 is 28.6 Å². The molecule has 0 radical (unpaired) electrons. The minimum atomic E-state index is -0.542. The molecule has 1 amide bonds. The van der Waals surface area contributed by atoms with Crippen LogP contribution in [0.1, 0.15) is 62.0 Å². The summed E-state index contributed by atoms with van der Waals surface area (Å²) in [5.74, 6) is 1.86. The van der Waals surface area contributed by atoms with Crippen LogP contribution in [0.4, 0.5) is 10.5 Å². The van der Waals surface area contributed by atoms with Crippen LogP contribution < -0.4 is 14.4 Å². The molecule has 4 aromatic heterocycles. The molecule has 7 heterocycles. The van der Waals surface area contributed by atoms with Crippen LogP contribution in [-0.2, 0) is 14.2 Å². The van der Waals surface area contributed by atoms with Gasteiger partial charge in [0.05, 0.1) is 42.4 Å². The maximum atomic E-state index is 13.2. The van der Waals surface area contributed by atoms with Gasteiger partial charge in [0.2, 0.25) is 0 Å². The summed E-state index contributed by atoms with van der Waals surface area (Å²) in [6.45, 7) is 10.9. The van der Waals surface area contributed by atoms with Crippen LogP contribution in [0.2, 0.25) is 0 Å². The predicted molar refractivity (Wildman–Crippen MR) is 263 cm³/mol. The molecular weight excluding hydrogens is 945 g/mol. The van der Waals surface area contributed by atoms with Crippen LogP contribution in [0.15, 0.2) is 138 Å². The van der Waals surface area contributed by atoms with Crippen molar-refractivity contribution in [2.45, 2.75) is 58.7 Å². The first kappa shape index (κ1) is 46.3. The maximum Gasteiger partial charge on any atom is 0.410 e. The van der Waals surface area contributed by atoms with E-state index in [1.54, 1.807) is 41.7 Å². The van der Waals surface area contributed by atoms with Gasteiger partial charge >= 0.3 is 18.0 Å². The van der Waals surface area contributed by atoms with Crippen LogP contribution >= 0.6 is 15.9 Å². The molecule has 4 aromatic carbocycles. The molecule has 0 spiro atoms. The number of benzene rings is 4. The Hall–Kier alpha value is -7.79. The molecule has 3 saturated heterocycles. The van der Waals surface area contributed by atoms with Crippen molar-refractivity contribution in [2.24, 2.45) is 0 Å². The van der Waals surface area contributed by atoms with E-state index >= 15 is 0 Å². The highest BCUT2D eigenvalue weighted by molar-refractivity contribution is 9.10. The first-order chi connectivity index (χ1) is 33.4. The first-order valence-corrected chi connectivity index (χ1v) is 23.4. The Morgan fingerprint density at radius 3 is 1.52 bits per heavy atom. The lowest BCUT2D eigenvalue weighted by molar-refractivity contribution is -0.0379. The minimum absolute atomic E-state index is 0.0515. The Bertz CT molecular complexity index is 3110. The summed E-state index contributed by atoms with van der Waals surface area (Å²) in [6.07, 6.45) is 3.98. The third-order valence-corrected chi connectivity index (χ3v) is 11.9. The number of anilines is 1. The fraction of sp³-hybridized carbons (Fsp3) is 0.250. The zero-order valence-corrected chi connectivity index (χ0v) is 40.2. The number of carbonyl (C=O) groups excluding carboxylic acids is 3. The summed E-state index contributed by atoms with van der Waals surface area (Å²) < 4.78 is 31.9. The topological polar surface area (TPSA) is 165 Å². The maximum absolute atomic E-state index is 13.2. The second kappa shape index (κ2) is 19.8. The smallest absolute Gasteiger partial charge is 0.410 e. The van der Waals surface area contributed by atoms with Gasteiger partial charge in [-0.2, -0.15) is 10.2 Å². The monoisotopic (exact) mass is 992 g/mol. The summed E-state index contributed by atoms with van der Waals surface area (Å²) in [5.41, 5.74) is 4.39. The molecule has 11 rings (SSSR count). The van der Waals surface area contributed by atoms with Gasteiger partial charge in [0.25, 0.3) is 0 Å². The highest BCUT2D eigenvalue weighted by atomic mass is 79.9. The van der Waals surface area contributed by atoms with Gasteiger partial charge in [0.1, 0.15) is 50.7 Å². The van der Waals surface area contributed by atoms with E-state index < -0.39 is 17.5 Å². The Kier molecular flexibility index (Phi) is 13.3. The van der Waals surface area contributed by atoms with Gasteiger partial charge in [-0.15, -0.1) is 0 Å². The molecule has 352 valence electrons. The van der Waals surface area contributed by atoms with E-state index in [9.17, 15) is 14.4 Å². The Labute approximate surface area is 406 Å². The van der Waals surface area contributed by atoms with Gasteiger partial charge in [-0.25, -0.2) is 23.7 Å². The highest BCUT2D eigenvalue weighted by Gasteiger charge is 2.49. The Morgan fingerprint density at radius 2 is 1.04 bits per heavy atom. The van der Waals surface area contributed by atoms with Crippen molar-refractivity contribution in [3.05, 3.63) is 150 Å². The van der Waals surface area contributed by atoms with Crippen molar-refractivity contribution >= 4 is 61.7 Å². The number of piperazine rings is 1. The zero-order valence-electron chi connectivity index (χ0n) is 38.6. The van der Waals surface area contributed by atoms with E-state index in [0.717, 1.165) is 28.1 Å². The number of pyridine rings is 2. The predicted octanol–water partition coefficient (Wildman–Crippen LogP) is 10.7. The third kappa shape index (κ3) is 9.95. The molecule has 16 nitrogen and oxygen atoms in total. The molecule has 3 fully saturated rings. The molecule has 0 saturated carbocycles. The minimum Gasteiger partial charge on any atom is -0.461 e. The molecule has 2 unspecified atom stereocenters. The average molecular weight is 994 g/mol. The fourth-order valence-corrected chi connectivity index (χ4v) is 8.67. The van der Waals surface area contributed by atoms with Gasteiger partial charge in [-0.1, -0.05) is 36.4 Å². The van der Waals surface area contributed by atoms with E-state index in [1.165, 1.54) is 0 Å². The standard InChI is InChI=1S/C31H33N5O5.C21H16BrN3O3/c1-5-39-29(37)28-27-26(33-36(28)20-11-13-24(14-12-20)40-23-9-7-6-8-10-23)25(15-16-32-27)34-18-21-17-22(19-34)35(21)30(38)41-31(2,3)4;1-2-27-21(26)20-19-18(17(22)12-13-23-19)24-25(20)14-8-10-16(11-9-14)28-15-6-4-3-5-7-15/h6-16,21-22H,5,17-19H2,1-4H3;3-13H,2H2,1H3.